The highest BCUT2D eigenvalue weighted by Gasteiger charge is 2.22. The van der Waals surface area contributed by atoms with Crippen LogP contribution in [-0.2, 0) is 4.79 Å². The SMILES string of the molecule is CCN(CC)C(=O)C(C)Nc1ccc(F)cc1[N+](=O)[O-]. The molecule has 0 bridgehead atoms. The number of nitrogens with one attached hydrogen (secondary N) is 1. The van der Waals surface area contributed by atoms with Gasteiger partial charge in [-0.1, -0.05) is 0 Å². The molecule has 1 rings (SSSR count). The summed E-state index contributed by atoms with van der Waals surface area (Å²) in [6, 6.07) is 2.58. The number of likely N-dealkylation sites (N-methyl/N-ethyl adjacent to an activating group) is 1. The van der Waals surface area contributed by atoms with Gasteiger partial charge >= 0.3 is 0 Å². The number of nitrogens with zero attached hydrogens (tertiary/aromatic N) is 2. The first-order chi connectivity index (χ1) is 9.40. The maximum absolute atomic E-state index is 13.0. The van der Waals surface area contributed by atoms with Crippen LogP contribution in [0.5, 0.6) is 0 Å². The van der Waals surface area contributed by atoms with Crippen molar-refractivity contribution in [3.63, 3.8) is 0 Å². The maximum atomic E-state index is 13.0. The normalized spacial score (nSPS) is 11.8. The molecule has 1 N–H and O–H groups in total. The molecule has 0 heterocycles. The van der Waals surface area contributed by atoms with E-state index in [0.29, 0.717) is 13.1 Å². The van der Waals surface area contributed by atoms with Gasteiger partial charge in [-0.25, -0.2) is 4.39 Å². The van der Waals surface area contributed by atoms with Crippen molar-refractivity contribution in [2.45, 2.75) is 26.8 Å². The molecule has 6 nitrogen and oxygen atoms in total. The molecule has 7 heteroatoms. The lowest BCUT2D eigenvalue weighted by atomic mass is 10.2. The number of carbonyl (C=O) groups is 1. The van der Waals surface area contributed by atoms with Crippen molar-refractivity contribution in [2.75, 3.05) is 18.4 Å². The van der Waals surface area contributed by atoms with Crippen LogP contribution in [0.15, 0.2) is 18.2 Å². The largest absolute Gasteiger partial charge is 0.368 e. The highest BCUT2D eigenvalue weighted by atomic mass is 19.1. The first-order valence-corrected chi connectivity index (χ1v) is 6.39. The summed E-state index contributed by atoms with van der Waals surface area (Å²) in [7, 11) is 0. The van der Waals surface area contributed by atoms with Crippen LogP contribution in [0.3, 0.4) is 0 Å². The number of hydrogen-bond donors (Lipinski definition) is 1. The lowest BCUT2D eigenvalue weighted by Crippen LogP contribution is -2.41. The van der Waals surface area contributed by atoms with Gasteiger partial charge in [-0.2, -0.15) is 0 Å². The standard InChI is InChI=1S/C13H18FN3O3/c1-4-16(5-2)13(18)9(3)15-11-7-6-10(14)8-12(11)17(19)20/h6-9,15H,4-5H2,1-3H3. The van der Waals surface area contributed by atoms with E-state index < -0.39 is 16.8 Å². The van der Waals surface area contributed by atoms with Gasteiger partial charge in [0.2, 0.25) is 5.91 Å². The van der Waals surface area contributed by atoms with Gasteiger partial charge in [0.25, 0.3) is 5.69 Å². The quantitative estimate of drug-likeness (QED) is 0.642. The molecule has 0 aliphatic heterocycles. The predicted molar refractivity (Wildman–Crippen MR) is 74.1 cm³/mol. The summed E-state index contributed by atoms with van der Waals surface area (Å²) in [5.74, 6) is -0.849. The molecule has 0 saturated heterocycles. The van der Waals surface area contributed by atoms with E-state index in [4.69, 9.17) is 0 Å². The summed E-state index contributed by atoms with van der Waals surface area (Å²) in [6.07, 6.45) is 0. The van der Waals surface area contributed by atoms with E-state index in [1.807, 2.05) is 13.8 Å². The number of rotatable bonds is 6. The van der Waals surface area contributed by atoms with E-state index in [-0.39, 0.29) is 17.3 Å². The van der Waals surface area contributed by atoms with Crippen LogP contribution in [0, 0.1) is 15.9 Å². The molecule has 0 fully saturated rings. The Morgan fingerprint density at radius 1 is 1.45 bits per heavy atom. The first-order valence-electron chi connectivity index (χ1n) is 6.39. The van der Waals surface area contributed by atoms with Gasteiger partial charge in [-0.15, -0.1) is 0 Å². The van der Waals surface area contributed by atoms with Gasteiger partial charge in [-0.3, -0.25) is 14.9 Å². The molecule has 0 saturated carbocycles. The Morgan fingerprint density at radius 3 is 2.55 bits per heavy atom. The van der Waals surface area contributed by atoms with Gasteiger partial charge in [0.15, 0.2) is 0 Å². The zero-order valence-electron chi connectivity index (χ0n) is 11.7. The summed E-state index contributed by atoms with van der Waals surface area (Å²) in [6.45, 7) is 6.45. The highest BCUT2D eigenvalue weighted by Crippen LogP contribution is 2.25. The summed E-state index contributed by atoms with van der Waals surface area (Å²) in [5.41, 5.74) is -0.256. The molecule has 1 aromatic carbocycles. The molecular weight excluding hydrogens is 265 g/mol. The van der Waals surface area contributed by atoms with Gasteiger partial charge in [-0.05, 0) is 32.9 Å². The van der Waals surface area contributed by atoms with E-state index >= 15 is 0 Å². The average molecular weight is 283 g/mol. The number of amides is 1. The van der Waals surface area contributed by atoms with Crippen molar-refractivity contribution in [1.82, 2.24) is 4.90 Å². The monoisotopic (exact) mass is 283 g/mol. The summed E-state index contributed by atoms with van der Waals surface area (Å²) < 4.78 is 13.0. The second kappa shape index (κ2) is 6.83. The molecule has 20 heavy (non-hydrogen) atoms. The predicted octanol–water partition coefficient (Wildman–Crippen LogP) is 2.40. The van der Waals surface area contributed by atoms with Crippen LogP contribution in [-0.4, -0.2) is 34.9 Å². The van der Waals surface area contributed by atoms with E-state index in [9.17, 15) is 19.3 Å². The van der Waals surface area contributed by atoms with Gasteiger partial charge in [0, 0.05) is 13.1 Å². The van der Waals surface area contributed by atoms with Gasteiger partial charge in [0.1, 0.15) is 17.5 Å². The second-order valence-electron chi connectivity index (χ2n) is 4.30. The Hall–Kier alpha value is -2.18. The molecule has 0 aliphatic rings. The minimum absolute atomic E-state index is 0.129. The maximum Gasteiger partial charge on any atom is 0.295 e. The van der Waals surface area contributed by atoms with Crippen LogP contribution in [0.1, 0.15) is 20.8 Å². The minimum atomic E-state index is -0.690. The number of nitro benzene ring substituents is 1. The fraction of sp³-hybridized carbons (Fsp3) is 0.462. The lowest BCUT2D eigenvalue weighted by Gasteiger charge is -2.23. The number of hydrogen-bond acceptors (Lipinski definition) is 4. The topological polar surface area (TPSA) is 75.5 Å². The lowest BCUT2D eigenvalue weighted by molar-refractivity contribution is -0.384. The molecule has 1 atom stereocenters. The van der Waals surface area contributed by atoms with Crippen LogP contribution < -0.4 is 5.32 Å². The third-order valence-electron chi connectivity index (χ3n) is 2.97. The van der Waals surface area contributed by atoms with Crippen molar-refractivity contribution in [2.24, 2.45) is 0 Å². The average Bonchev–Trinajstić information content (AvgIpc) is 2.41. The Labute approximate surface area is 116 Å². The van der Waals surface area contributed by atoms with E-state index in [1.165, 1.54) is 6.07 Å². The smallest absolute Gasteiger partial charge is 0.295 e. The van der Waals surface area contributed by atoms with Crippen molar-refractivity contribution >= 4 is 17.3 Å². The summed E-state index contributed by atoms with van der Waals surface area (Å²) >= 11 is 0. The molecular formula is C13H18FN3O3. The number of anilines is 1. The molecule has 0 spiro atoms. The molecule has 1 unspecified atom stereocenters. The van der Waals surface area contributed by atoms with Crippen LogP contribution >= 0.6 is 0 Å². The summed E-state index contributed by atoms with van der Waals surface area (Å²) in [5, 5.41) is 13.6. The summed E-state index contributed by atoms with van der Waals surface area (Å²) in [4.78, 5) is 23.9. The molecule has 0 aromatic heterocycles. The second-order valence-corrected chi connectivity index (χ2v) is 4.30. The zero-order valence-corrected chi connectivity index (χ0v) is 11.7. The third kappa shape index (κ3) is 3.66. The zero-order chi connectivity index (χ0) is 15.3. The highest BCUT2D eigenvalue weighted by molar-refractivity contribution is 5.85. The van der Waals surface area contributed by atoms with Gasteiger partial charge in [0.05, 0.1) is 11.0 Å². The number of benzene rings is 1. The molecule has 0 radical (unpaired) electrons. The van der Waals surface area contributed by atoms with E-state index in [1.54, 1.807) is 11.8 Å². The fourth-order valence-electron chi connectivity index (χ4n) is 1.88. The molecule has 1 amide bonds. The van der Waals surface area contributed by atoms with Crippen molar-refractivity contribution in [3.05, 3.63) is 34.1 Å². The van der Waals surface area contributed by atoms with Crippen molar-refractivity contribution in [1.29, 1.82) is 0 Å². The Balaban J connectivity index is 2.93. The minimum Gasteiger partial charge on any atom is -0.368 e. The third-order valence-corrected chi connectivity index (χ3v) is 2.97. The fourth-order valence-corrected chi connectivity index (χ4v) is 1.88. The molecule has 1 aromatic rings. The van der Waals surface area contributed by atoms with Crippen molar-refractivity contribution < 1.29 is 14.1 Å². The Bertz CT molecular complexity index is 504. The van der Waals surface area contributed by atoms with Crippen molar-refractivity contribution in [3.8, 4) is 0 Å². The first kappa shape index (κ1) is 15.9. The van der Waals surface area contributed by atoms with Crippen LogP contribution in [0.4, 0.5) is 15.8 Å². The molecule has 110 valence electrons. The van der Waals surface area contributed by atoms with Gasteiger partial charge < -0.3 is 10.2 Å². The van der Waals surface area contributed by atoms with E-state index in [2.05, 4.69) is 5.32 Å². The van der Waals surface area contributed by atoms with Crippen LogP contribution in [0.25, 0.3) is 0 Å². The molecule has 0 aliphatic carbocycles. The number of halogens is 1. The Morgan fingerprint density at radius 2 is 2.05 bits per heavy atom. The Kier molecular flexibility index (Phi) is 5.42. The van der Waals surface area contributed by atoms with Crippen LogP contribution in [0.2, 0.25) is 0 Å². The number of carbonyl (C=O) groups excluding carboxylic acids is 1. The van der Waals surface area contributed by atoms with E-state index in [0.717, 1.165) is 12.1 Å². The number of nitro groups is 1.